The minimum atomic E-state index is -0.646. The van der Waals surface area contributed by atoms with Crippen LogP contribution < -0.4 is 5.32 Å². The quantitative estimate of drug-likeness (QED) is 0.765. The van der Waals surface area contributed by atoms with Crippen molar-refractivity contribution >= 4 is 12.0 Å². The molecule has 6 heteroatoms. The number of carbonyl (C=O) groups excluding carboxylic acids is 2. The summed E-state index contributed by atoms with van der Waals surface area (Å²) in [6, 6.07) is -0.646. The lowest BCUT2D eigenvalue weighted by atomic mass is 10.0. The first-order chi connectivity index (χ1) is 9.49. The summed E-state index contributed by atoms with van der Waals surface area (Å²) in [7, 11) is 1.66. The number of nitrogens with one attached hydrogen (secondary N) is 1. The van der Waals surface area contributed by atoms with Crippen LogP contribution in [-0.4, -0.2) is 48.4 Å². The molecule has 0 rings (SSSR count). The van der Waals surface area contributed by atoms with Crippen LogP contribution in [0.1, 0.15) is 48.5 Å². The monoisotopic (exact) mass is 302 g/mol. The first-order valence-electron chi connectivity index (χ1n) is 7.37. The molecule has 0 aliphatic carbocycles. The Morgan fingerprint density at radius 2 is 1.71 bits per heavy atom. The summed E-state index contributed by atoms with van der Waals surface area (Å²) in [5.41, 5.74) is -0.598. The maximum atomic E-state index is 12.5. The molecule has 0 aromatic rings. The number of carbonyl (C=O) groups is 2. The maximum Gasteiger partial charge on any atom is 0.408 e. The van der Waals surface area contributed by atoms with E-state index in [0.29, 0.717) is 6.61 Å². The van der Waals surface area contributed by atoms with E-state index in [1.54, 1.807) is 34.7 Å². The Kier molecular flexibility index (Phi) is 7.71. The largest absolute Gasteiger partial charge is 0.444 e. The van der Waals surface area contributed by atoms with Crippen LogP contribution in [0.3, 0.4) is 0 Å². The second-order valence-electron chi connectivity index (χ2n) is 6.37. The predicted octanol–water partition coefficient (Wildman–Crippen LogP) is 2.38. The van der Waals surface area contributed by atoms with Crippen LogP contribution in [0.25, 0.3) is 0 Å². The molecule has 0 aromatic heterocycles. The van der Waals surface area contributed by atoms with Crippen LogP contribution in [0.4, 0.5) is 4.79 Å². The Morgan fingerprint density at radius 1 is 1.19 bits per heavy atom. The summed E-state index contributed by atoms with van der Waals surface area (Å²) in [6.07, 6.45) is -0.934. The highest BCUT2D eigenvalue weighted by Gasteiger charge is 2.30. The number of ether oxygens (including phenoxy) is 2. The predicted molar refractivity (Wildman–Crippen MR) is 81.9 cm³/mol. The van der Waals surface area contributed by atoms with Crippen LogP contribution in [0.5, 0.6) is 0 Å². The number of alkyl carbamates (subject to hydrolysis) is 1. The fourth-order valence-electron chi connectivity index (χ4n) is 1.70. The second kappa shape index (κ2) is 8.22. The lowest BCUT2D eigenvalue weighted by Gasteiger charge is -2.31. The molecule has 0 aliphatic rings. The zero-order valence-electron chi connectivity index (χ0n) is 14.5. The topological polar surface area (TPSA) is 67.9 Å². The maximum absolute atomic E-state index is 12.5. The molecule has 0 aromatic carbocycles. The average molecular weight is 302 g/mol. The molecule has 0 saturated carbocycles. The van der Waals surface area contributed by atoms with Gasteiger partial charge in [0.1, 0.15) is 17.9 Å². The van der Waals surface area contributed by atoms with Crippen molar-refractivity contribution in [3.05, 3.63) is 0 Å². The van der Waals surface area contributed by atoms with Crippen molar-refractivity contribution in [1.29, 1.82) is 0 Å². The molecule has 124 valence electrons. The number of amides is 2. The van der Waals surface area contributed by atoms with E-state index in [4.69, 9.17) is 9.47 Å². The lowest BCUT2D eigenvalue weighted by Crippen LogP contribution is -2.53. The van der Waals surface area contributed by atoms with Crippen molar-refractivity contribution in [3.8, 4) is 0 Å². The number of hydrogen-bond acceptors (Lipinski definition) is 4. The van der Waals surface area contributed by atoms with Crippen molar-refractivity contribution in [3.63, 3.8) is 0 Å². The van der Waals surface area contributed by atoms with Gasteiger partial charge in [0.15, 0.2) is 0 Å². The normalized spacial score (nSPS) is 14.5. The SMILES string of the molecule is CCOC(C)N(C)C(=O)[C@@H](NC(=O)OC(C)(C)C)C(C)C. The first-order valence-corrected chi connectivity index (χ1v) is 7.37. The number of rotatable bonds is 6. The van der Waals surface area contributed by atoms with E-state index in [2.05, 4.69) is 5.32 Å². The first kappa shape index (κ1) is 19.7. The van der Waals surface area contributed by atoms with Crippen molar-refractivity contribution < 1.29 is 19.1 Å². The van der Waals surface area contributed by atoms with E-state index >= 15 is 0 Å². The van der Waals surface area contributed by atoms with Gasteiger partial charge >= 0.3 is 6.09 Å². The van der Waals surface area contributed by atoms with Gasteiger partial charge in [-0.15, -0.1) is 0 Å². The van der Waals surface area contributed by atoms with Crippen molar-refractivity contribution in [2.75, 3.05) is 13.7 Å². The van der Waals surface area contributed by atoms with Gasteiger partial charge in [0, 0.05) is 13.7 Å². The summed E-state index contributed by atoms with van der Waals surface area (Å²) in [5.74, 6) is -0.252. The van der Waals surface area contributed by atoms with E-state index in [1.807, 2.05) is 20.8 Å². The van der Waals surface area contributed by atoms with Gasteiger partial charge in [-0.3, -0.25) is 4.79 Å². The van der Waals surface area contributed by atoms with Gasteiger partial charge in [0.2, 0.25) is 5.91 Å². The van der Waals surface area contributed by atoms with Gasteiger partial charge in [0.25, 0.3) is 0 Å². The smallest absolute Gasteiger partial charge is 0.408 e. The van der Waals surface area contributed by atoms with Crippen LogP contribution in [0.2, 0.25) is 0 Å². The highest BCUT2D eigenvalue weighted by molar-refractivity contribution is 5.86. The number of hydrogen-bond donors (Lipinski definition) is 1. The zero-order valence-corrected chi connectivity index (χ0v) is 14.5. The van der Waals surface area contributed by atoms with Crippen molar-refractivity contribution in [2.24, 2.45) is 5.92 Å². The fraction of sp³-hybridized carbons (Fsp3) is 0.867. The molecular weight excluding hydrogens is 272 g/mol. The molecule has 0 fully saturated rings. The van der Waals surface area contributed by atoms with Gasteiger partial charge in [-0.1, -0.05) is 13.8 Å². The van der Waals surface area contributed by atoms with Gasteiger partial charge in [-0.25, -0.2) is 4.79 Å². The molecule has 1 unspecified atom stereocenters. The highest BCUT2D eigenvalue weighted by atomic mass is 16.6. The van der Waals surface area contributed by atoms with E-state index in [1.165, 1.54) is 4.90 Å². The Labute approximate surface area is 128 Å². The van der Waals surface area contributed by atoms with Gasteiger partial charge in [0.05, 0.1) is 0 Å². The third-order valence-corrected chi connectivity index (χ3v) is 2.91. The third-order valence-electron chi connectivity index (χ3n) is 2.91. The van der Waals surface area contributed by atoms with Crippen LogP contribution >= 0.6 is 0 Å². The van der Waals surface area contributed by atoms with Gasteiger partial charge < -0.3 is 19.7 Å². The zero-order chi connectivity index (χ0) is 16.8. The minimum absolute atomic E-state index is 0.0544. The molecule has 0 bridgehead atoms. The van der Waals surface area contributed by atoms with Crippen LogP contribution in [0.15, 0.2) is 0 Å². The molecule has 21 heavy (non-hydrogen) atoms. The molecular formula is C15H30N2O4. The van der Waals surface area contributed by atoms with E-state index < -0.39 is 17.7 Å². The van der Waals surface area contributed by atoms with E-state index in [0.717, 1.165) is 0 Å². The lowest BCUT2D eigenvalue weighted by molar-refractivity contribution is -0.144. The molecule has 0 heterocycles. The molecule has 1 N–H and O–H groups in total. The van der Waals surface area contributed by atoms with Crippen molar-refractivity contribution in [1.82, 2.24) is 10.2 Å². The van der Waals surface area contributed by atoms with Gasteiger partial charge in [-0.2, -0.15) is 0 Å². The molecule has 2 atom stereocenters. The molecule has 2 amide bonds. The van der Waals surface area contributed by atoms with Gasteiger partial charge in [-0.05, 0) is 40.5 Å². The van der Waals surface area contributed by atoms with Crippen molar-refractivity contribution in [2.45, 2.75) is 66.3 Å². The molecule has 0 radical (unpaired) electrons. The highest BCUT2D eigenvalue weighted by Crippen LogP contribution is 2.11. The number of likely N-dealkylation sites (N-methyl/N-ethyl adjacent to an activating group) is 1. The standard InChI is InChI=1S/C15H30N2O4/c1-9-20-11(4)17(8)13(18)12(10(2)3)16-14(19)21-15(5,6)7/h10-12H,9H2,1-8H3,(H,16,19)/t11?,12-/m0/s1. The molecule has 0 aliphatic heterocycles. The number of nitrogens with zero attached hydrogens (tertiary/aromatic N) is 1. The summed E-state index contributed by atoms with van der Waals surface area (Å²) in [4.78, 5) is 25.8. The van der Waals surface area contributed by atoms with Crippen LogP contribution in [0, 0.1) is 5.92 Å². The Bertz CT molecular complexity index is 350. The Hall–Kier alpha value is -1.30. The van der Waals surface area contributed by atoms with E-state index in [9.17, 15) is 9.59 Å². The third kappa shape index (κ3) is 7.32. The molecule has 6 nitrogen and oxygen atoms in total. The average Bonchev–Trinajstić information content (AvgIpc) is 2.32. The summed E-state index contributed by atoms with van der Waals surface area (Å²) in [5, 5.41) is 2.64. The minimum Gasteiger partial charge on any atom is -0.444 e. The Balaban J connectivity index is 4.82. The Morgan fingerprint density at radius 3 is 2.10 bits per heavy atom. The second-order valence-corrected chi connectivity index (χ2v) is 6.37. The molecule has 0 saturated heterocycles. The summed E-state index contributed by atoms with van der Waals surface area (Å²) < 4.78 is 10.6. The summed E-state index contributed by atoms with van der Waals surface area (Å²) >= 11 is 0. The van der Waals surface area contributed by atoms with Crippen LogP contribution in [-0.2, 0) is 14.3 Å². The fourth-order valence-corrected chi connectivity index (χ4v) is 1.70. The molecule has 0 spiro atoms. The van der Waals surface area contributed by atoms with E-state index in [-0.39, 0.29) is 18.1 Å². The summed E-state index contributed by atoms with van der Waals surface area (Å²) in [6.45, 7) is 13.3.